The highest BCUT2D eigenvalue weighted by atomic mass is 19.1. The van der Waals surface area contributed by atoms with Crippen molar-refractivity contribution in [3.05, 3.63) is 35.6 Å². The SMILES string of the molecule is C[C@@H](C(=O)NCc1ccc(F)cc1)N1CCC(N2CCNC2=O)CC1. The molecule has 1 aromatic rings. The number of amides is 3. The largest absolute Gasteiger partial charge is 0.351 e. The van der Waals surface area contributed by atoms with Gasteiger partial charge in [-0.3, -0.25) is 9.69 Å². The molecule has 136 valence electrons. The van der Waals surface area contributed by atoms with Crippen molar-refractivity contribution in [3.63, 3.8) is 0 Å². The first-order valence-corrected chi connectivity index (χ1v) is 8.85. The summed E-state index contributed by atoms with van der Waals surface area (Å²) in [5, 5.41) is 5.75. The minimum atomic E-state index is -0.280. The van der Waals surface area contributed by atoms with E-state index in [2.05, 4.69) is 15.5 Å². The van der Waals surface area contributed by atoms with Crippen LogP contribution in [0, 0.1) is 5.82 Å². The zero-order chi connectivity index (χ0) is 17.8. The molecule has 0 spiro atoms. The number of rotatable bonds is 5. The number of urea groups is 1. The maximum absolute atomic E-state index is 12.9. The van der Waals surface area contributed by atoms with Gasteiger partial charge in [0.1, 0.15) is 5.82 Å². The Morgan fingerprint density at radius 1 is 1.28 bits per heavy atom. The van der Waals surface area contributed by atoms with E-state index in [9.17, 15) is 14.0 Å². The van der Waals surface area contributed by atoms with Crippen LogP contribution < -0.4 is 10.6 Å². The second kappa shape index (κ2) is 7.82. The van der Waals surface area contributed by atoms with Gasteiger partial charge >= 0.3 is 6.03 Å². The van der Waals surface area contributed by atoms with E-state index in [1.54, 1.807) is 12.1 Å². The Bertz CT molecular complexity index is 614. The number of likely N-dealkylation sites (tertiary alicyclic amines) is 1. The van der Waals surface area contributed by atoms with E-state index in [4.69, 9.17) is 0 Å². The van der Waals surface area contributed by atoms with Crippen molar-refractivity contribution in [2.24, 2.45) is 0 Å². The summed E-state index contributed by atoms with van der Waals surface area (Å²) in [6, 6.07) is 6.22. The standard InChI is InChI=1S/C18H25FN4O2/c1-13(17(24)21-12-14-2-4-15(19)5-3-14)22-9-6-16(7-10-22)23-11-8-20-18(23)25/h2-5,13,16H,6-12H2,1H3,(H,20,25)(H,21,24)/t13-/m0/s1. The van der Waals surface area contributed by atoms with Gasteiger partial charge in [0, 0.05) is 38.8 Å². The van der Waals surface area contributed by atoms with Crippen molar-refractivity contribution in [3.8, 4) is 0 Å². The van der Waals surface area contributed by atoms with E-state index in [1.165, 1.54) is 12.1 Å². The maximum atomic E-state index is 12.9. The van der Waals surface area contributed by atoms with E-state index in [0.717, 1.165) is 44.6 Å². The number of piperidine rings is 1. The molecule has 7 heteroatoms. The van der Waals surface area contributed by atoms with Crippen molar-refractivity contribution < 1.29 is 14.0 Å². The number of carbonyl (C=O) groups excluding carboxylic acids is 2. The van der Waals surface area contributed by atoms with Crippen LogP contribution in [0.15, 0.2) is 24.3 Å². The minimum absolute atomic E-state index is 0.0262. The van der Waals surface area contributed by atoms with Crippen molar-refractivity contribution in [2.45, 2.75) is 38.4 Å². The molecule has 1 atom stereocenters. The Morgan fingerprint density at radius 3 is 2.56 bits per heavy atom. The summed E-state index contributed by atoms with van der Waals surface area (Å²) in [6.45, 7) is 5.41. The Labute approximate surface area is 147 Å². The molecule has 2 fully saturated rings. The lowest BCUT2D eigenvalue weighted by Gasteiger charge is -2.38. The molecule has 0 bridgehead atoms. The molecule has 3 amide bonds. The molecule has 2 aliphatic heterocycles. The van der Waals surface area contributed by atoms with Crippen molar-refractivity contribution in [2.75, 3.05) is 26.2 Å². The molecule has 3 rings (SSSR count). The fourth-order valence-electron chi connectivity index (χ4n) is 3.52. The molecule has 0 saturated carbocycles. The van der Waals surface area contributed by atoms with Crippen LogP contribution in [0.1, 0.15) is 25.3 Å². The molecule has 0 aliphatic carbocycles. The maximum Gasteiger partial charge on any atom is 0.317 e. The van der Waals surface area contributed by atoms with Crippen LogP contribution in [0.25, 0.3) is 0 Å². The van der Waals surface area contributed by atoms with Gasteiger partial charge in [0.2, 0.25) is 5.91 Å². The Balaban J connectivity index is 1.45. The number of halogens is 1. The minimum Gasteiger partial charge on any atom is -0.351 e. The molecule has 2 N–H and O–H groups in total. The van der Waals surface area contributed by atoms with E-state index >= 15 is 0 Å². The van der Waals surface area contributed by atoms with Crippen molar-refractivity contribution in [1.82, 2.24) is 20.4 Å². The summed E-state index contributed by atoms with van der Waals surface area (Å²) in [7, 11) is 0. The van der Waals surface area contributed by atoms with Gasteiger partial charge in [-0.25, -0.2) is 9.18 Å². The highest BCUT2D eigenvalue weighted by molar-refractivity contribution is 5.81. The van der Waals surface area contributed by atoms with Crippen LogP contribution in [0.2, 0.25) is 0 Å². The average molecular weight is 348 g/mol. The predicted molar refractivity (Wildman–Crippen MR) is 92.4 cm³/mol. The van der Waals surface area contributed by atoms with Gasteiger partial charge in [-0.05, 0) is 37.5 Å². The lowest BCUT2D eigenvalue weighted by atomic mass is 10.0. The number of nitrogens with zero attached hydrogens (tertiary/aromatic N) is 2. The number of nitrogens with one attached hydrogen (secondary N) is 2. The number of hydrogen-bond acceptors (Lipinski definition) is 3. The molecule has 2 aliphatic rings. The molecule has 0 unspecified atom stereocenters. The number of benzene rings is 1. The second-order valence-corrected chi connectivity index (χ2v) is 6.71. The molecule has 0 radical (unpaired) electrons. The van der Waals surface area contributed by atoms with E-state index in [0.29, 0.717) is 6.54 Å². The molecule has 0 aromatic heterocycles. The van der Waals surface area contributed by atoms with Gasteiger partial charge < -0.3 is 15.5 Å². The zero-order valence-electron chi connectivity index (χ0n) is 14.5. The normalized spacial score (nSPS) is 20.4. The summed E-state index contributed by atoms with van der Waals surface area (Å²) in [5.74, 6) is -0.306. The molecular weight excluding hydrogens is 323 g/mol. The molecule has 25 heavy (non-hydrogen) atoms. The smallest absolute Gasteiger partial charge is 0.317 e. The van der Waals surface area contributed by atoms with E-state index in [1.807, 2.05) is 11.8 Å². The Hall–Kier alpha value is -2.15. The average Bonchev–Trinajstić information content (AvgIpc) is 3.06. The number of hydrogen-bond donors (Lipinski definition) is 2. The summed E-state index contributed by atoms with van der Waals surface area (Å²) >= 11 is 0. The summed E-state index contributed by atoms with van der Waals surface area (Å²) in [5.41, 5.74) is 0.876. The lowest BCUT2D eigenvalue weighted by Crippen LogP contribution is -2.52. The van der Waals surface area contributed by atoms with Gasteiger partial charge in [0.25, 0.3) is 0 Å². The van der Waals surface area contributed by atoms with Gasteiger partial charge in [-0.2, -0.15) is 0 Å². The highest BCUT2D eigenvalue weighted by Crippen LogP contribution is 2.20. The van der Waals surface area contributed by atoms with Crippen LogP contribution in [0.4, 0.5) is 9.18 Å². The van der Waals surface area contributed by atoms with E-state index < -0.39 is 0 Å². The Kier molecular flexibility index (Phi) is 5.53. The summed E-state index contributed by atoms with van der Waals surface area (Å²) in [6.07, 6.45) is 1.78. The molecular formula is C18H25FN4O2. The van der Waals surface area contributed by atoms with Gasteiger partial charge in [-0.15, -0.1) is 0 Å². The fourth-order valence-corrected chi connectivity index (χ4v) is 3.52. The van der Waals surface area contributed by atoms with Crippen LogP contribution >= 0.6 is 0 Å². The quantitative estimate of drug-likeness (QED) is 0.844. The third-order valence-corrected chi connectivity index (χ3v) is 5.14. The van der Waals surface area contributed by atoms with Gasteiger partial charge in [0.05, 0.1) is 6.04 Å². The Morgan fingerprint density at radius 2 is 1.96 bits per heavy atom. The third kappa shape index (κ3) is 4.28. The van der Waals surface area contributed by atoms with Crippen LogP contribution in [-0.2, 0) is 11.3 Å². The van der Waals surface area contributed by atoms with E-state index in [-0.39, 0.29) is 29.8 Å². The molecule has 6 nitrogen and oxygen atoms in total. The van der Waals surface area contributed by atoms with Crippen molar-refractivity contribution >= 4 is 11.9 Å². The first kappa shape index (κ1) is 17.7. The number of carbonyl (C=O) groups is 2. The van der Waals surface area contributed by atoms with Crippen molar-refractivity contribution in [1.29, 1.82) is 0 Å². The molecule has 1 aromatic carbocycles. The second-order valence-electron chi connectivity index (χ2n) is 6.71. The van der Waals surface area contributed by atoms with Crippen LogP contribution in [0.3, 0.4) is 0 Å². The topological polar surface area (TPSA) is 64.7 Å². The first-order valence-electron chi connectivity index (χ1n) is 8.85. The monoisotopic (exact) mass is 348 g/mol. The zero-order valence-corrected chi connectivity index (χ0v) is 14.5. The van der Waals surface area contributed by atoms with Gasteiger partial charge in [-0.1, -0.05) is 12.1 Å². The molecule has 2 saturated heterocycles. The fraction of sp³-hybridized carbons (Fsp3) is 0.556. The highest BCUT2D eigenvalue weighted by Gasteiger charge is 2.33. The predicted octanol–water partition coefficient (Wildman–Crippen LogP) is 1.32. The summed E-state index contributed by atoms with van der Waals surface area (Å²) < 4.78 is 12.9. The summed E-state index contributed by atoms with van der Waals surface area (Å²) in [4.78, 5) is 28.2. The van der Waals surface area contributed by atoms with Crippen LogP contribution in [-0.4, -0.2) is 60.0 Å². The molecule has 2 heterocycles. The van der Waals surface area contributed by atoms with Gasteiger partial charge in [0.15, 0.2) is 0 Å². The van der Waals surface area contributed by atoms with Crippen LogP contribution in [0.5, 0.6) is 0 Å². The third-order valence-electron chi connectivity index (χ3n) is 5.14. The first-order chi connectivity index (χ1) is 12.0. The lowest BCUT2D eigenvalue weighted by molar-refractivity contribution is -0.126.